The van der Waals surface area contributed by atoms with Crippen molar-refractivity contribution in [1.82, 2.24) is 0 Å². The highest BCUT2D eigenvalue weighted by Crippen LogP contribution is 2.03. The van der Waals surface area contributed by atoms with Gasteiger partial charge in [0.15, 0.2) is 0 Å². The molecule has 158 valence electrons. The number of unbranched alkanes of at least 4 members (excludes halogenated alkanes) is 1. The first kappa shape index (κ1) is 27.8. The summed E-state index contributed by atoms with van der Waals surface area (Å²) in [6, 6.07) is 10.0. The Morgan fingerprint density at radius 1 is 1.07 bits per heavy atom. The predicted molar refractivity (Wildman–Crippen MR) is 115 cm³/mol. The molecule has 0 atom stereocenters. The fourth-order valence-corrected chi connectivity index (χ4v) is 1.62. The Hall–Kier alpha value is -3.41. The van der Waals surface area contributed by atoms with Crippen molar-refractivity contribution in [1.29, 1.82) is 0 Å². The quantitative estimate of drug-likeness (QED) is 0.450. The van der Waals surface area contributed by atoms with Crippen molar-refractivity contribution < 1.29 is 29.3 Å². The first-order chi connectivity index (χ1) is 13.7. The largest absolute Gasteiger partial charge is 0.478 e. The predicted octanol–water partition coefficient (Wildman–Crippen LogP) is 4.89. The van der Waals surface area contributed by atoms with Crippen LogP contribution in [0.15, 0.2) is 73.4 Å². The molecule has 6 nitrogen and oxygen atoms in total. The van der Waals surface area contributed by atoms with E-state index in [-0.39, 0.29) is 12.0 Å². The van der Waals surface area contributed by atoms with Crippen LogP contribution in [0.1, 0.15) is 38.2 Å². The summed E-state index contributed by atoms with van der Waals surface area (Å²) in [4.78, 5) is 30.8. The number of carboxylic acids is 2. The molecule has 0 saturated carbocycles. The van der Waals surface area contributed by atoms with Crippen molar-refractivity contribution in [2.24, 2.45) is 0 Å². The molecule has 0 fully saturated rings. The standard InChI is InChI=1S/C8H10O4.C8H8.C7H12O2/c1-6(8(11)12-2)4-3-5-7(9)10;1-2-8-6-4-3-5-7-8;1-3-4-5-6(2)7(8)9/h3,5H,1,4H2,2H3,(H,9,10);2-7H,1H2;2-5H2,1H3,(H,8,9). The van der Waals surface area contributed by atoms with E-state index in [1.54, 1.807) is 0 Å². The van der Waals surface area contributed by atoms with Gasteiger partial charge in [0.05, 0.1) is 7.11 Å². The Labute approximate surface area is 172 Å². The molecule has 0 unspecified atom stereocenters. The molecule has 6 heteroatoms. The van der Waals surface area contributed by atoms with Gasteiger partial charge < -0.3 is 14.9 Å². The summed E-state index contributed by atoms with van der Waals surface area (Å²) < 4.78 is 4.35. The number of ether oxygens (including phenoxy) is 1. The molecular formula is C23H30O6. The summed E-state index contributed by atoms with van der Waals surface area (Å²) in [6.45, 7) is 12.4. The van der Waals surface area contributed by atoms with Crippen molar-refractivity contribution >= 4 is 24.0 Å². The SMILES string of the molecule is C=C(CC=CC(=O)O)C(=O)OC.C=C(CCCC)C(=O)O.C=Cc1ccccc1. The van der Waals surface area contributed by atoms with Crippen LogP contribution in [0.4, 0.5) is 0 Å². The van der Waals surface area contributed by atoms with Gasteiger partial charge in [0, 0.05) is 17.2 Å². The van der Waals surface area contributed by atoms with Gasteiger partial charge >= 0.3 is 17.9 Å². The van der Waals surface area contributed by atoms with Crippen LogP contribution in [0.3, 0.4) is 0 Å². The van der Waals surface area contributed by atoms with E-state index >= 15 is 0 Å². The van der Waals surface area contributed by atoms with Gasteiger partial charge in [-0.15, -0.1) is 0 Å². The lowest BCUT2D eigenvalue weighted by atomic mass is 10.1. The molecule has 1 rings (SSSR count). The minimum absolute atomic E-state index is 0.193. The lowest BCUT2D eigenvalue weighted by Crippen LogP contribution is -2.02. The summed E-state index contributed by atoms with van der Waals surface area (Å²) >= 11 is 0. The van der Waals surface area contributed by atoms with E-state index in [2.05, 4.69) is 24.5 Å². The molecular weight excluding hydrogens is 372 g/mol. The first-order valence-electron chi connectivity index (χ1n) is 8.93. The number of aliphatic carboxylic acids is 2. The summed E-state index contributed by atoms with van der Waals surface area (Å²) in [5.74, 6) is -2.44. The van der Waals surface area contributed by atoms with Gasteiger partial charge in [-0.05, 0) is 24.8 Å². The van der Waals surface area contributed by atoms with Crippen LogP contribution in [0.5, 0.6) is 0 Å². The molecule has 0 amide bonds. The Kier molecular flexibility index (Phi) is 17.2. The van der Waals surface area contributed by atoms with Crippen molar-refractivity contribution in [2.45, 2.75) is 32.6 Å². The average molecular weight is 402 g/mol. The summed E-state index contributed by atoms with van der Waals surface area (Å²) in [7, 11) is 1.24. The second kappa shape index (κ2) is 18.0. The van der Waals surface area contributed by atoms with Crippen molar-refractivity contribution in [3.05, 3.63) is 78.9 Å². The van der Waals surface area contributed by atoms with Gasteiger partial charge in [-0.3, -0.25) is 0 Å². The zero-order valence-electron chi connectivity index (χ0n) is 17.1. The number of carbonyl (C=O) groups is 3. The number of benzene rings is 1. The van der Waals surface area contributed by atoms with Crippen LogP contribution >= 0.6 is 0 Å². The molecule has 0 heterocycles. The van der Waals surface area contributed by atoms with Crippen LogP contribution in [0, 0.1) is 0 Å². The van der Waals surface area contributed by atoms with Gasteiger partial charge in [0.1, 0.15) is 0 Å². The number of allylic oxidation sites excluding steroid dienone is 1. The minimum atomic E-state index is -1.05. The maximum absolute atomic E-state index is 10.7. The Morgan fingerprint density at radius 2 is 1.66 bits per heavy atom. The summed E-state index contributed by atoms with van der Waals surface area (Å²) in [5, 5.41) is 16.5. The van der Waals surface area contributed by atoms with Crippen LogP contribution in [-0.4, -0.2) is 35.2 Å². The fraction of sp³-hybridized carbons (Fsp3) is 0.261. The Morgan fingerprint density at radius 3 is 2.03 bits per heavy atom. The highest BCUT2D eigenvalue weighted by atomic mass is 16.5. The summed E-state index contributed by atoms with van der Waals surface area (Å²) in [5.41, 5.74) is 1.72. The Balaban J connectivity index is 0. The molecule has 29 heavy (non-hydrogen) atoms. The lowest BCUT2D eigenvalue weighted by Gasteiger charge is -1.97. The fourth-order valence-electron chi connectivity index (χ4n) is 1.62. The number of esters is 1. The zero-order chi connectivity index (χ0) is 22.7. The maximum Gasteiger partial charge on any atom is 0.333 e. The maximum atomic E-state index is 10.7. The molecule has 0 saturated heterocycles. The second-order valence-corrected chi connectivity index (χ2v) is 5.67. The van der Waals surface area contributed by atoms with E-state index in [1.807, 2.05) is 43.3 Å². The third-order valence-electron chi connectivity index (χ3n) is 3.27. The monoisotopic (exact) mass is 402 g/mol. The third-order valence-corrected chi connectivity index (χ3v) is 3.27. The Bertz CT molecular complexity index is 701. The lowest BCUT2D eigenvalue weighted by molar-refractivity contribution is -0.136. The van der Waals surface area contributed by atoms with E-state index in [1.165, 1.54) is 18.7 Å². The van der Waals surface area contributed by atoms with Crippen molar-refractivity contribution in [3.8, 4) is 0 Å². The number of methoxy groups -OCH3 is 1. The second-order valence-electron chi connectivity index (χ2n) is 5.67. The van der Waals surface area contributed by atoms with E-state index in [9.17, 15) is 14.4 Å². The summed E-state index contributed by atoms with van der Waals surface area (Å²) in [6.07, 6.45) is 6.87. The number of rotatable bonds is 9. The molecule has 0 aliphatic rings. The van der Waals surface area contributed by atoms with Gasteiger partial charge in [-0.1, -0.05) is 75.6 Å². The minimum Gasteiger partial charge on any atom is -0.478 e. The van der Waals surface area contributed by atoms with Crippen LogP contribution in [0.25, 0.3) is 6.08 Å². The number of carbonyl (C=O) groups excluding carboxylic acids is 1. The van der Waals surface area contributed by atoms with E-state index in [0.717, 1.165) is 18.9 Å². The molecule has 2 N–H and O–H groups in total. The van der Waals surface area contributed by atoms with Crippen LogP contribution in [-0.2, 0) is 19.1 Å². The van der Waals surface area contributed by atoms with E-state index in [0.29, 0.717) is 12.0 Å². The number of hydrogen-bond donors (Lipinski definition) is 2. The molecule has 1 aromatic rings. The molecule has 0 spiro atoms. The molecule has 0 aromatic heterocycles. The topological polar surface area (TPSA) is 101 Å². The zero-order valence-corrected chi connectivity index (χ0v) is 17.1. The third kappa shape index (κ3) is 17.7. The van der Waals surface area contributed by atoms with Crippen molar-refractivity contribution in [2.75, 3.05) is 7.11 Å². The smallest absolute Gasteiger partial charge is 0.333 e. The molecule has 0 aliphatic heterocycles. The highest BCUT2D eigenvalue weighted by Gasteiger charge is 2.03. The molecule has 0 radical (unpaired) electrons. The van der Waals surface area contributed by atoms with Crippen LogP contribution < -0.4 is 0 Å². The van der Waals surface area contributed by atoms with Gasteiger partial charge in [0.2, 0.25) is 0 Å². The molecule has 1 aromatic carbocycles. The number of hydrogen-bond acceptors (Lipinski definition) is 4. The first-order valence-corrected chi connectivity index (χ1v) is 8.93. The molecule has 0 bridgehead atoms. The van der Waals surface area contributed by atoms with Gasteiger partial charge in [-0.2, -0.15) is 0 Å². The van der Waals surface area contributed by atoms with E-state index in [4.69, 9.17) is 10.2 Å². The van der Waals surface area contributed by atoms with Crippen molar-refractivity contribution in [3.63, 3.8) is 0 Å². The number of carboxylic acid groups (broad SMARTS) is 2. The molecule has 0 aliphatic carbocycles. The highest BCUT2D eigenvalue weighted by molar-refractivity contribution is 5.88. The average Bonchev–Trinajstić information content (AvgIpc) is 2.72. The van der Waals surface area contributed by atoms with E-state index < -0.39 is 17.9 Å². The van der Waals surface area contributed by atoms with Gasteiger partial charge in [0.25, 0.3) is 0 Å². The van der Waals surface area contributed by atoms with Crippen LogP contribution in [0.2, 0.25) is 0 Å². The normalized spacial score (nSPS) is 9.17. The van der Waals surface area contributed by atoms with Gasteiger partial charge in [-0.25, -0.2) is 14.4 Å².